The summed E-state index contributed by atoms with van der Waals surface area (Å²) in [5, 5.41) is -0.424. The molecule has 0 aromatic carbocycles. The van der Waals surface area contributed by atoms with Gasteiger partial charge in [0.15, 0.2) is 0 Å². The fourth-order valence-corrected chi connectivity index (χ4v) is 3.19. The average Bonchev–Trinajstić information content (AvgIpc) is 2.24. The summed E-state index contributed by atoms with van der Waals surface area (Å²) < 4.78 is 22.3. The first-order chi connectivity index (χ1) is 8.27. The lowest BCUT2D eigenvalue weighted by atomic mass is 10.0. The third-order valence-electron chi connectivity index (χ3n) is 2.68. The number of hydrogen-bond acceptors (Lipinski definition) is 3. The van der Waals surface area contributed by atoms with Gasteiger partial charge in [-0.25, -0.2) is 0 Å². The number of hydrogen-bond donors (Lipinski definition) is 1. The van der Waals surface area contributed by atoms with Gasteiger partial charge >= 0.3 is 7.60 Å². The van der Waals surface area contributed by atoms with Crippen molar-refractivity contribution in [3.05, 3.63) is 0 Å². The van der Waals surface area contributed by atoms with Crippen molar-refractivity contribution in [2.24, 2.45) is 0 Å². The summed E-state index contributed by atoms with van der Waals surface area (Å²) in [5.41, 5.74) is -0.929. The van der Waals surface area contributed by atoms with E-state index in [1.165, 1.54) is 0 Å². The van der Waals surface area contributed by atoms with E-state index in [9.17, 15) is 9.46 Å². The van der Waals surface area contributed by atoms with Gasteiger partial charge in [0.25, 0.3) is 0 Å². The Kier molecular flexibility index (Phi) is 9.12. The van der Waals surface area contributed by atoms with Gasteiger partial charge in [-0.1, -0.05) is 13.3 Å². The van der Waals surface area contributed by atoms with Crippen LogP contribution in [-0.4, -0.2) is 34.7 Å². The lowest BCUT2D eigenvalue weighted by Gasteiger charge is -2.33. The minimum absolute atomic E-state index is 0.310. The highest BCUT2D eigenvalue weighted by Crippen LogP contribution is 2.48. The van der Waals surface area contributed by atoms with E-state index in [1.54, 1.807) is 13.8 Å². The maximum Gasteiger partial charge on any atom is 0.354 e. The summed E-state index contributed by atoms with van der Waals surface area (Å²) >= 11 is 11.7. The number of halogens is 2. The molecule has 0 rings (SSSR count). The SMILES string of the molecule is CCCCOCP(=O)(O)OC(C)(CCCl)C(C)Cl. The van der Waals surface area contributed by atoms with Crippen LogP contribution in [0.2, 0.25) is 0 Å². The van der Waals surface area contributed by atoms with Gasteiger partial charge in [-0.2, -0.15) is 0 Å². The molecule has 0 aliphatic rings. The van der Waals surface area contributed by atoms with Gasteiger partial charge in [-0.05, 0) is 26.7 Å². The first-order valence-corrected chi connectivity index (χ1v) is 8.81. The lowest BCUT2D eigenvalue weighted by molar-refractivity contribution is 0.0542. The molecule has 0 heterocycles. The predicted octanol–water partition coefficient (Wildman–Crippen LogP) is 3.98. The molecule has 0 spiro atoms. The van der Waals surface area contributed by atoms with Crippen LogP contribution in [-0.2, 0) is 13.8 Å². The molecule has 0 bridgehead atoms. The molecule has 3 atom stereocenters. The first kappa shape index (κ1) is 18.7. The highest BCUT2D eigenvalue weighted by Gasteiger charge is 2.38. The van der Waals surface area contributed by atoms with E-state index in [1.807, 2.05) is 6.92 Å². The second-order valence-corrected chi connectivity index (χ2v) is 7.24. The monoisotopic (exact) mass is 320 g/mol. The van der Waals surface area contributed by atoms with Crippen LogP contribution in [0.1, 0.15) is 40.0 Å². The molecule has 0 saturated heterocycles. The molecule has 110 valence electrons. The van der Waals surface area contributed by atoms with Gasteiger partial charge in [0, 0.05) is 12.5 Å². The van der Waals surface area contributed by atoms with Crippen molar-refractivity contribution in [3.8, 4) is 0 Å². The van der Waals surface area contributed by atoms with Crippen LogP contribution >= 0.6 is 30.8 Å². The molecule has 1 N–H and O–H groups in total. The van der Waals surface area contributed by atoms with Crippen molar-refractivity contribution in [1.29, 1.82) is 0 Å². The van der Waals surface area contributed by atoms with E-state index in [2.05, 4.69) is 0 Å². The van der Waals surface area contributed by atoms with Gasteiger partial charge in [0.1, 0.15) is 6.35 Å². The van der Waals surface area contributed by atoms with Crippen LogP contribution in [0.25, 0.3) is 0 Å². The van der Waals surface area contributed by atoms with Gasteiger partial charge in [-0.3, -0.25) is 9.09 Å². The van der Waals surface area contributed by atoms with Crippen molar-refractivity contribution in [2.75, 3.05) is 18.8 Å². The standard InChI is InChI=1S/C11H23Cl2O4P/c1-4-5-8-16-9-18(14,15)17-11(3,6-7-12)10(2)13/h10H,4-9H2,1-3H3,(H,14,15). The van der Waals surface area contributed by atoms with Gasteiger partial charge in [0.2, 0.25) is 0 Å². The maximum absolute atomic E-state index is 11.9. The predicted molar refractivity (Wildman–Crippen MR) is 75.7 cm³/mol. The number of rotatable bonds is 10. The zero-order chi connectivity index (χ0) is 14.2. The fourth-order valence-electron chi connectivity index (χ4n) is 1.28. The van der Waals surface area contributed by atoms with Crippen molar-refractivity contribution in [2.45, 2.75) is 51.0 Å². The second-order valence-electron chi connectivity index (χ2n) is 4.49. The van der Waals surface area contributed by atoms with E-state index < -0.39 is 18.6 Å². The Bertz CT molecular complexity index is 276. The lowest BCUT2D eigenvalue weighted by Crippen LogP contribution is -2.37. The minimum atomic E-state index is -3.80. The summed E-state index contributed by atoms with van der Waals surface area (Å²) in [6, 6.07) is 0. The van der Waals surface area contributed by atoms with Gasteiger partial charge < -0.3 is 9.63 Å². The van der Waals surface area contributed by atoms with E-state index >= 15 is 0 Å². The Morgan fingerprint density at radius 1 is 1.50 bits per heavy atom. The summed E-state index contributed by atoms with van der Waals surface area (Å²) in [5.74, 6) is 0.310. The Balaban J connectivity index is 4.37. The first-order valence-electron chi connectivity index (χ1n) is 6.08. The molecule has 18 heavy (non-hydrogen) atoms. The molecule has 0 fully saturated rings. The quantitative estimate of drug-likeness (QED) is 0.376. The summed E-state index contributed by atoms with van der Waals surface area (Å²) in [6.07, 6.45) is 1.91. The zero-order valence-electron chi connectivity index (χ0n) is 11.2. The molecule has 0 aliphatic heterocycles. The third kappa shape index (κ3) is 7.32. The van der Waals surface area contributed by atoms with Crippen LogP contribution < -0.4 is 0 Å². The highest BCUT2D eigenvalue weighted by molar-refractivity contribution is 7.52. The topological polar surface area (TPSA) is 55.8 Å². The Labute approximate surface area is 119 Å². The molecule has 0 aromatic rings. The Hall–Kier alpha value is 0.690. The van der Waals surface area contributed by atoms with Gasteiger partial charge in [-0.15, -0.1) is 23.2 Å². The summed E-state index contributed by atoms with van der Waals surface area (Å²) in [6.45, 7) is 5.87. The van der Waals surface area contributed by atoms with Crippen LogP contribution in [0, 0.1) is 0 Å². The van der Waals surface area contributed by atoms with Crippen molar-refractivity contribution in [3.63, 3.8) is 0 Å². The molecule has 0 aliphatic carbocycles. The van der Waals surface area contributed by atoms with Crippen LogP contribution in [0.3, 0.4) is 0 Å². The Morgan fingerprint density at radius 3 is 2.56 bits per heavy atom. The Morgan fingerprint density at radius 2 is 2.11 bits per heavy atom. The highest BCUT2D eigenvalue weighted by atomic mass is 35.5. The molecular formula is C11H23Cl2O4P. The molecule has 0 radical (unpaired) electrons. The molecule has 3 unspecified atom stereocenters. The van der Waals surface area contributed by atoms with E-state index in [0.717, 1.165) is 12.8 Å². The largest absolute Gasteiger partial charge is 0.369 e. The number of unbranched alkanes of at least 4 members (excludes halogenated alkanes) is 1. The number of ether oxygens (including phenoxy) is 1. The summed E-state index contributed by atoms with van der Waals surface area (Å²) in [4.78, 5) is 9.73. The zero-order valence-corrected chi connectivity index (χ0v) is 13.6. The van der Waals surface area contributed by atoms with Crippen molar-refractivity contribution < 1.29 is 18.7 Å². The third-order valence-corrected chi connectivity index (χ3v) is 4.54. The van der Waals surface area contributed by atoms with E-state index in [0.29, 0.717) is 18.9 Å². The summed E-state index contributed by atoms with van der Waals surface area (Å²) in [7, 11) is -3.80. The fraction of sp³-hybridized carbons (Fsp3) is 1.00. The maximum atomic E-state index is 11.9. The molecule has 7 heteroatoms. The normalized spacial score (nSPS) is 20.1. The average molecular weight is 321 g/mol. The molecule has 4 nitrogen and oxygen atoms in total. The smallest absolute Gasteiger partial charge is 0.354 e. The molecular weight excluding hydrogens is 298 g/mol. The number of alkyl halides is 2. The van der Waals surface area contributed by atoms with Crippen LogP contribution in [0.5, 0.6) is 0 Å². The van der Waals surface area contributed by atoms with Gasteiger partial charge in [0.05, 0.1) is 11.0 Å². The minimum Gasteiger partial charge on any atom is -0.369 e. The van der Waals surface area contributed by atoms with Crippen molar-refractivity contribution >= 4 is 30.8 Å². The molecule has 0 amide bonds. The molecule has 0 saturated carbocycles. The van der Waals surface area contributed by atoms with E-state index in [4.69, 9.17) is 32.5 Å². The second kappa shape index (κ2) is 8.78. The molecule has 0 aromatic heterocycles. The van der Waals surface area contributed by atoms with Crippen molar-refractivity contribution in [1.82, 2.24) is 0 Å². The van der Waals surface area contributed by atoms with Crippen LogP contribution in [0.4, 0.5) is 0 Å². The van der Waals surface area contributed by atoms with Crippen LogP contribution in [0.15, 0.2) is 0 Å². The van der Waals surface area contributed by atoms with E-state index in [-0.39, 0.29) is 6.35 Å².